The molecule has 1 aromatic heterocycles. The van der Waals surface area contributed by atoms with Crippen LogP contribution in [-0.4, -0.2) is 31.8 Å². The molecule has 0 radical (unpaired) electrons. The Morgan fingerprint density at radius 3 is 2.38 bits per heavy atom. The summed E-state index contributed by atoms with van der Waals surface area (Å²) in [4.78, 5) is 4.69. The molecule has 0 atom stereocenters. The fourth-order valence-corrected chi connectivity index (χ4v) is 3.33. The molecule has 0 saturated carbocycles. The maximum atomic E-state index is 11.9. The van der Waals surface area contributed by atoms with Gasteiger partial charge in [-0.15, -0.1) is 11.3 Å². The first-order chi connectivity index (χ1) is 9.89. The Kier molecular flexibility index (Phi) is 5.10. The van der Waals surface area contributed by atoms with Crippen molar-refractivity contribution in [1.82, 2.24) is 14.6 Å². The Bertz CT molecular complexity index is 691. The van der Waals surface area contributed by atoms with E-state index < -0.39 is 10.0 Å². The highest BCUT2D eigenvalue weighted by atomic mass is 32.2. The number of hydrogen-bond acceptors (Lipinski definition) is 5. The summed E-state index contributed by atoms with van der Waals surface area (Å²) in [5, 5.41) is 6.39. The van der Waals surface area contributed by atoms with E-state index in [4.69, 9.17) is 0 Å². The maximum absolute atomic E-state index is 11.9. The van der Waals surface area contributed by atoms with Crippen molar-refractivity contribution in [3.05, 3.63) is 45.9 Å². The summed E-state index contributed by atoms with van der Waals surface area (Å²) in [5.41, 5.74) is 2.07. The number of nitrogens with zero attached hydrogens (tertiary/aromatic N) is 2. The van der Waals surface area contributed by atoms with Crippen LogP contribution < -0.4 is 5.32 Å². The molecule has 0 aliphatic carbocycles. The van der Waals surface area contributed by atoms with Crippen LogP contribution in [-0.2, 0) is 23.1 Å². The highest BCUT2D eigenvalue weighted by molar-refractivity contribution is 7.89. The van der Waals surface area contributed by atoms with Gasteiger partial charge in [0.2, 0.25) is 10.0 Å². The molecule has 0 fully saturated rings. The molecule has 2 aromatic rings. The van der Waals surface area contributed by atoms with E-state index in [9.17, 15) is 8.42 Å². The molecule has 1 N–H and O–H groups in total. The molecule has 0 unspecified atom stereocenters. The number of rotatable bonds is 6. The van der Waals surface area contributed by atoms with Crippen molar-refractivity contribution in [3.8, 4) is 0 Å². The molecule has 0 bridgehead atoms. The Morgan fingerprint density at radius 2 is 1.86 bits per heavy atom. The van der Waals surface area contributed by atoms with Crippen molar-refractivity contribution >= 4 is 21.4 Å². The van der Waals surface area contributed by atoms with Crippen LogP contribution in [0.4, 0.5) is 0 Å². The van der Waals surface area contributed by atoms with Crippen LogP contribution in [0.15, 0.2) is 34.5 Å². The standard InChI is InChI=1S/C14H19N3O2S2/c1-11-16-13(10-20-11)9-15-8-12-4-6-14(7-5-12)21(18,19)17(2)3/h4-7,10,15H,8-9H2,1-3H3. The largest absolute Gasteiger partial charge is 0.307 e. The third-order valence-corrected chi connectivity index (χ3v) is 5.66. The Hall–Kier alpha value is -1.28. The molecule has 2 rings (SSSR count). The van der Waals surface area contributed by atoms with Gasteiger partial charge in [0, 0.05) is 32.6 Å². The molecular weight excluding hydrogens is 306 g/mol. The molecule has 1 heterocycles. The predicted octanol–water partition coefficient (Wildman–Crippen LogP) is 1.99. The van der Waals surface area contributed by atoms with Gasteiger partial charge in [0.1, 0.15) is 0 Å². The molecule has 114 valence electrons. The van der Waals surface area contributed by atoms with Gasteiger partial charge in [-0.3, -0.25) is 0 Å². The maximum Gasteiger partial charge on any atom is 0.242 e. The second-order valence-corrected chi connectivity index (χ2v) is 8.11. The van der Waals surface area contributed by atoms with Crippen LogP contribution in [0.1, 0.15) is 16.3 Å². The zero-order valence-electron chi connectivity index (χ0n) is 12.3. The molecule has 0 spiro atoms. The normalized spacial score (nSPS) is 12.0. The number of nitrogens with one attached hydrogen (secondary N) is 1. The van der Waals surface area contributed by atoms with Crippen molar-refractivity contribution in [2.75, 3.05) is 14.1 Å². The van der Waals surface area contributed by atoms with Gasteiger partial charge >= 0.3 is 0 Å². The zero-order valence-corrected chi connectivity index (χ0v) is 14.0. The fourth-order valence-electron chi connectivity index (χ4n) is 1.81. The number of hydrogen-bond donors (Lipinski definition) is 1. The monoisotopic (exact) mass is 325 g/mol. The second-order valence-electron chi connectivity index (χ2n) is 4.89. The minimum atomic E-state index is -3.35. The lowest BCUT2D eigenvalue weighted by molar-refractivity contribution is 0.520. The number of aryl methyl sites for hydroxylation is 1. The SMILES string of the molecule is Cc1nc(CNCc2ccc(S(=O)(=O)N(C)C)cc2)cs1. The number of aromatic nitrogens is 1. The second kappa shape index (κ2) is 6.65. The minimum absolute atomic E-state index is 0.311. The molecular formula is C14H19N3O2S2. The lowest BCUT2D eigenvalue weighted by Crippen LogP contribution is -2.22. The van der Waals surface area contributed by atoms with E-state index >= 15 is 0 Å². The van der Waals surface area contributed by atoms with Crippen molar-refractivity contribution < 1.29 is 8.42 Å². The van der Waals surface area contributed by atoms with E-state index in [0.29, 0.717) is 18.0 Å². The first-order valence-corrected chi connectivity index (χ1v) is 8.85. The van der Waals surface area contributed by atoms with E-state index in [2.05, 4.69) is 10.3 Å². The third kappa shape index (κ3) is 4.10. The highest BCUT2D eigenvalue weighted by Crippen LogP contribution is 2.14. The first kappa shape index (κ1) is 16.1. The Balaban J connectivity index is 1.94. The van der Waals surface area contributed by atoms with Crippen LogP contribution in [0, 0.1) is 6.92 Å². The summed E-state index contributed by atoms with van der Waals surface area (Å²) < 4.78 is 25.1. The lowest BCUT2D eigenvalue weighted by atomic mass is 10.2. The molecule has 0 amide bonds. The van der Waals surface area contributed by atoms with Crippen LogP contribution in [0.25, 0.3) is 0 Å². The summed E-state index contributed by atoms with van der Waals surface area (Å²) >= 11 is 1.64. The fraction of sp³-hybridized carbons (Fsp3) is 0.357. The number of thiazole rings is 1. The van der Waals surface area contributed by atoms with Crippen molar-refractivity contribution in [3.63, 3.8) is 0 Å². The van der Waals surface area contributed by atoms with Gasteiger partial charge in [0.25, 0.3) is 0 Å². The van der Waals surface area contributed by atoms with Crippen LogP contribution in [0.5, 0.6) is 0 Å². The summed E-state index contributed by atoms with van der Waals surface area (Å²) in [6.45, 7) is 3.37. The van der Waals surface area contributed by atoms with E-state index in [1.165, 1.54) is 18.4 Å². The minimum Gasteiger partial charge on any atom is -0.307 e. The zero-order chi connectivity index (χ0) is 15.5. The van der Waals surface area contributed by atoms with E-state index in [1.807, 2.05) is 24.4 Å². The summed E-state index contributed by atoms with van der Waals surface area (Å²) in [5.74, 6) is 0. The smallest absolute Gasteiger partial charge is 0.242 e. The molecule has 7 heteroatoms. The molecule has 1 aromatic carbocycles. The van der Waals surface area contributed by atoms with Crippen LogP contribution in [0.2, 0.25) is 0 Å². The van der Waals surface area contributed by atoms with E-state index in [-0.39, 0.29) is 0 Å². The van der Waals surface area contributed by atoms with Crippen molar-refractivity contribution in [2.45, 2.75) is 24.9 Å². The highest BCUT2D eigenvalue weighted by Gasteiger charge is 2.16. The summed E-state index contributed by atoms with van der Waals surface area (Å²) in [6, 6.07) is 6.93. The van der Waals surface area contributed by atoms with Gasteiger partial charge in [-0.25, -0.2) is 17.7 Å². The van der Waals surface area contributed by atoms with Gasteiger partial charge in [-0.1, -0.05) is 12.1 Å². The van der Waals surface area contributed by atoms with Crippen LogP contribution in [0.3, 0.4) is 0 Å². The van der Waals surface area contributed by atoms with Crippen LogP contribution >= 0.6 is 11.3 Å². The summed E-state index contributed by atoms with van der Waals surface area (Å²) in [7, 11) is -0.293. The predicted molar refractivity (Wildman–Crippen MR) is 84.7 cm³/mol. The molecule has 0 aliphatic rings. The Labute approximate surface area is 129 Å². The molecule has 21 heavy (non-hydrogen) atoms. The lowest BCUT2D eigenvalue weighted by Gasteiger charge is -2.11. The van der Waals surface area contributed by atoms with Crippen molar-refractivity contribution in [1.29, 1.82) is 0 Å². The van der Waals surface area contributed by atoms with E-state index in [1.54, 1.807) is 23.5 Å². The van der Waals surface area contributed by atoms with Crippen molar-refractivity contribution in [2.24, 2.45) is 0 Å². The Morgan fingerprint density at radius 1 is 1.19 bits per heavy atom. The average molecular weight is 325 g/mol. The third-order valence-electron chi connectivity index (χ3n) is 3.00. The van der Waals surface area contributed by atoms with Gasteiger partial charge in [0.05, 0.1) is 15.6 Å². The quantitative estimate of drug-likeness (QED) is 0.882. The summed E-state index contributed by atoms with van der Waals surface area (Å²) in [6.07, 6.45) is 0. The molecule has 0 saturated heterocycles. The number of sulfonamides is 1. The van der Waals surface area contributed by atoms with Gasteiger partial charge in [-0.2, -0.15) is 0 Å². The first-order valence-electron chi connectivity index (χ1n) is 6.53. The molecule has 0 aliphatic heterocycles. The average Bonchev–Trinajstić information content (AvgIpc) is 2.85. The van der Waals surface area contributed by atoms with Gasteiger partial charge in [0.15, 0.2) is 0 Å². The topological polar surface area (TPSA) is 62.3 Å². The van der Waals surface area contributed by atoms with Gasteiger partial charge in [-0.05, 0) is 24.6 Å². The van der Waals surface area contributed by atoms with Gasteiger partial charge < -0.3 is 5.32 Å². The van der Waals surface area contributed by atoms with E-state index in [0.717, 1.165) is 16.3 Å². The number of benzene rings is 1. The molecule has 5 nitrogen and oxygen atoms in total.